The number of aromatic nitrogens is 2. The van der Waals surface area contributed by atoms with Gasteiger partial charge in [-0.2, -0.15) is 0 Å². The van der Waals surface area contributed by atoms with E-state index >= 15 is 0 Å². The Morgan fingerprint density at radius 3 is 2.77 bits per heavy atom. The molecule has 0 saturated heterocycles. The van der Waals surface area contributed by atoms with Crippen LogP contribution in [-0.2, 0) is 6.42 Å². The average molecular weight is 176 g/mol. The van der Waals surface area contributed by atoms with E-state index in [2.05, 4.69) is 23.0 Å². The molecule has 0 amide bonds. The summed E-state index contributed by atoms with van der Waals surface area (Å²) in [6.07, 6.45) is 4.79. The van der Waals surface area contributed by atoms with Crippen molar-refractivity contribution in [3.8, 4) is 0 Å². The van der Waals surface area contributed by atoms with Crippen LogP contribution in [0.15, 0.2) is 24.5 Å². The minimum atomic E-state index is 0.995. The van der Waals surface area contributed by atoms with Crippen molar-refractivity contribution in [2.75, 3.05) is 0 Å². The number of hydrogen-bond acceptors (Lipinski definition) is 1. The van der Waals surface area contributed by atoms with E-state index in [4.69, 9.17) is 0 Å². The highest BCUT2D eigenvalue weighted by Gasteiger charge is 1.98. The molecule has 0 spiro atoms. The predicted molar refractivity (Wildman–Crippen MR) is 56.8 cm³/mol. The first-order valence-corrected chi connectivity index (χ1v) is 4.83. The second kappa shape index (κ2) is 4.65. The molecule has 2 heterocycles. The summed E-state index contributed by atoms with van der Waals surface area (Å²) >= 11 is 0. The zero-order valence-electron chi connectivity index (χ0n) is 8.46. The number of rotatable bonds is 1. The van der Waals surface area contributed by atoms with Gasteiger partial charge in [0.15, 0.2) is 0 Å². The number of nitrogens with zero attached hydrogens (tertiary/aromatic N) is 1. The zero-order valence-corrected chi connectivity index (χ0v) is 8.46. The third kappa shape index (κ3) is 1.89. The Balaban J connectivity index is 0.000000396. The molecule has 2 aromatic heterocycles. The Morgan fingerprint density at radius 2 is 2.08 bits per heavy atom. The lowest BCUT2D eigenvalue weighted by molar-refractivity contribution is 1.06. The third-order valence-corrected chi connectivity index (χ3v) is 1.90. The summed E-state index contributed by atoms with van der Waals surface area (Å²) in [5.41, 5.74) is 2.35. The molecule has 0 aliphatic carbocycles. The Kier molecular flexibility index (Phi) is 3.50. The van der Waals surface area contributed by atoms with Gasteiger partial charge in [0.25, 0.3) is 0 Å². The third-order valence-electron chi connectivity index (χ3n) is 1.90. The minimum Gasteiger partial charge on any atom is -0.361 e. The fraction of sp³-hybridized carbons (Fsp3) is 0.364. The van der Waals surface area contributed by atoms with E-state index in [0.29, 0.717) is 0 Å². The van der Waals surface area contributed by atoms with Gasteiger partial charge in [0.2, 0.25) is 0 Å². The maximum atomic E-state index is 4.28. The van der Waals surface area contributed by atoms with Crippen molar-refractivity contribution in [3.63, 3.8) is 0 Å². The SMILES string of the molecule is CC.CCc1nccc2[nH]ccc12. The minimum absolute atomic E-state index is 0.995. The van der Waals surface area contributed by atoms with E-state index in [0.717, 1.165) is 6.42 Å². The molecule has 0 aromatic carbocycles. The second-order valence-electron chi connectivity index (χ2n) is 2.55. The van der Waals surface area contributed by atoms with Crippen LogP contribution in [0.25, 0.3) is 10.9 Å². The van der Waals surface area contributed by atoms with Crippen LogP contribution in [0.3, 0.4) is 0 Å². The number of aryl methyl sites for hydroxylation is 1. The van der Waals surface area contributed by atoms with E-state index in [1.807, 2.05) is 32.3 Å². The van der Waals surface area contributed by atoms with E-state index in [1.54, 1.807) is 0 Å². The molecule has 0 aliphatic rings. The lowest BCUT2D eigenvalue weighted by Gasteiger charge is -1.95. The maximum Gasteiger partial charge on any atom is 0.0494 e. The first kappa shape index (κ1) is 9.78. The molecule has 0 atom stereocenters. The Bertz CT molecular complexity index is 363. The summed E-state index contributed by atoms with van der Waals surface area (Å²) in [4.78, 5) is 7.43. The van der Waals surface area contributed by atoms with Crippen LogP contribution in [0.5, 0.6) is 0 Å². The van der Waals surface area contributed by atoms with Gasteiger partial charge in [0.1, 0.15) is 0 Å². The first-order chi connectivity index (χ1) is 6.42. The molecule has 0 aliphatic heterocycles. The highest BCUT2D eigenvalue weighted by Crippen LogP contribution is 2.14. The lowest BCUT2D eigenvalue weighted by Crippen LogP contribution is -1.85. The summed E-state index contributed by atoms with van der Waals surface area (Å²) in [5.74, 6) is 0. The number of nitrogens with one attached hydrogen (secondary N) is 1. The van der Waals surface area contributed by atoms with Crippen LogP contribution in [0, 0.1) is 0 Å². The van der Waals surface area contributed by atoms with Gasteiger partial charge in [-0.25, -0.2) is 0 Å². The molecule has 13 heavy (non-hydrogen) atoms. The molecule has 2 aromatic rings. The van der Waals surface area contributed by atoms with Gasteiger partial charge in [-0.15, -0.1) is 0 Å². The van der Waals surface area contributed by atoms with Gasteiger partial charge in [-0.3, -0.25) is 4.98 Å². The van der Waals surface area contributed by atoms with Crippen LogP contribution in [-0.4, -0.2) is 9.97 Å². The largest absolute Gasteiger partial charge is 0.361 e. The maximum absolute atomic E-state index is 4.28. The summed E-state index contributed by atoms with van der Waals surface area (Å²) in [5, 5.41) is 1.25. The predicted octanol–water partition coefficient (Wildman–Crippen LogP) is 3.15. The quantitative estimate of drug-likeness (QED) is 0.710. The van der Waals surface area contributed by atoms with E-state index in [9.17, 15) is 0 Å². The zero-order chi connectivity index (χ0) is 9.68. The number of pyridine rings is 1. The molecule has 0 bridgehead atoms. The fourth-order valence-electron chi connectivity index (χ4n) is 1.32. The van der Waals surface area contributed by atoms with Crippen molar-refractivity contribution >= 4 is 10.9 Å². The van der Waals surface area contributed by atoms with Crippen LogP contribution in [0.2, 0.25) is 0 Å². The van der Waals surface area contributed by atoms with Crippen molar-refractivity contribution in [3.05, 3.63) is 30.2 Å². The van der Waals surface area contributed by atoms with Gasteiger partial charge in [0, 0.05) is 29.0 Å². The average Bonchev–Trinajstić information content (AvgIpc) is 2.68. The van der Waals surface area contributed by atoms with Crippen LogP contribution in [0.4, 0.5) is 0 Å². The topological polar surface area (TPSA) is 28.7 Å². The number of fused-ring (bicyclic) bond motifs is 1. The van der Waals surface area contributed by atoms with Gasteiger partial charge >= 0.3 is 0 Å². The van der Waals surface area contributed by atoms with Gasteiger partial charge in [-0.1, -0.05) is 20.8 Å². The standard InChI is InChI=1S/C9H10N2.C2H6/c1-2-8-7-3-5-11-9(7)4-6-10-8;1-2/h3-6,11H,2H2,1H3;1-2H3. The monoisotopic (exact) mass is 176 g/mol. The van der Waals surface area contributed by atoms with Gasteiger partial charge in [0.05, 0.1) is 0 Å². The van der Waals surface area contributed by atoms with Crippen molar-refractivity contribution in [2.45, 2.75) is 27.2 Å². The first-order valence-electron chi connectivity index (χ1n) is 4.83. The normalized spacial score (nSPS) is 9.46. The Hall–Kier alpha value is -1.31. The molecule has 2 rings (SSSR count). The number of H-pyrrole nitrogens is 1. The molecule has 2 nitrogen and oxygen atoms in total. The van der Waals surface area contributed by atoms with Crippen LogP contribution >= 0.6 is 0 Å². The fourth-order valence-corrected chi connectivity index (χ4v) is 1.32. The van der Waals surface area contributed by atoms with Crippen molar-refractivity contribution in [2.24, 2.45) is 0 Å². The smallest absolute Gasteiger partial charge is 0.0494 e. The van der Waals surface area contributed by atoms with E-state index in [1.165, 1.54) is 16.6 Å². The van der Waals surface area contributed by atoms with Crippen molar-refractivity contribution in [1.82, 2.24) is 9.97 Å². The Morgan fingerprint density at radius 1 is 1.31 bits per heavy atom. The molecule has 0 unspecified atom stereocenters. The molecular weight excluding hydrogens is 160 g/mol. The molecule has 0 fully saturated rings. The summed E-state index contributed by atoms with van der Waals surface area (Å²) in [6.45, 7) is 6.12. The van der Waals surface area contributed by atoms with Gasteiger partial charge < -0.3 is 4.98 Å². The van der Waals surface area contributed by atoms with Gasteiger partial charge in [-0.05, 0) is 18.6 Å². The van der Waals surface area contributed by atoms with E-state index in [-0.39, 0.29) is 0 Å². The summed E-state index contributed by atoms with van der Waals surface area (Å²) < 4.78 is 0. The molecule has 0 saturated carbocycles. The second-order valence-corrected chi connectivity index (χ2v) is 2.55. The van der Waals surface area contributed by atoms with Crippen LogP contribution in [0.1, 0.15) is 26.5 Å². The van der Waals surface area contributed by atoms with Crippen molar-refractivity contribution < 1.29 is 0 Å². The lowest BCUT2D eigenvalue weighted by atomic mass is 10.2. The number of hydrogen-bond donors (Lipinski definition) is 1. The molecule has 70 valence electrons. The summed E-state index contributed by atoms with van der Waals surface area (Å²) in [7, 11) is 0. The van der Waals surface area contributed by atoms with Crippen molar-refractivity contribution in [1.29, 1.82) is 0 Å². The highest BCUT2D eigenvalue weighted by molar-refractivity contribution is 5.81. The number of aromatic amines is 1. The summed E-state index contributed by atoms with van der Waals surface area (Å²) in [6, 6.07) is 4.07. The Labute approximate surface area is 79.0 Å². The van der Waals surface area contributed by atoms with Crippen LogP contribution < -0.4 is 0 Å². The molecule has 1 N–H and O–H groups in total. The molecule has 2 heteroatoms. The van der Waals surface area contributed by atoms with E-state index < -0.39 is 0 Å². The highest BCUT2D eigenvalue weighted by atomic mass is 14.7. The molecule has 0 radical (unpaired) electrons. The molecular formula is C11H16N2.